The number of carbonyl (C=O) groups excluding carboxylic acids is 1. The molecule has 2 nitrogen and oxygen atoms in total. The van der Waals surface area contributed by atoms with Gasteiger partial charge in [0.25, 0.3) is 6.43 Å². The number of alkyl halides is 3. The van der Waals surface area contributed by atoms with Crippen molar-refractivity contribution in [1.29, 1.82) is 0 Å². The van der Waals surface area contributed by atoms with Crippen LogP contribution in [0.3, 0.4) is 0 Å². The minimum atomic E-state index is -2.73. The Morgan fingerprint density at radius 1 is 1.47 bits per heavy atom. The molecule has 15 heavy (non-hydrogen) atoms. The second-order valence-corrected chi connectivity index (χ2v) is 3.57. The first-order chi connectivity index (χ1) is 7.06. The van der Waals surface area contributed by atoms with E-state index < -0.39 is 17.7 Å². The highest BCUT2D eigenvalue weighted by Crippen LogP contribution is 2.31. The molecular formula is C10H9BrF2O2. The number of halogens is 3. The zero-order chi connectivity index (χ0) is 11.4. The first kappa shape index (κ1) is 12.1. The zero-order valence-electron chi connectivity index (χ0n) is 7.71. The molecular weight excluding hydrogens is 270 g/mol. The van der Waals surface area contributed by atoms with E-state index in [1.54, 1.807) is 0 Å². The van der Waals surface area contributed by atoms with Crippen molar-refractivity contribution < 1.29 is 18.7 Å². The Balaban J connectivity index is 2.99. The molecule has 0 radical (unpaired) electrons. The standard InChI is InChI=1S/C10H9BrF2O2/c11-5-7(14)4-6-2-1-3-8(9(6)15)10(12)13/h1-3,10,15H,4-5H2. The first-order valence-electron chi connectivity index (χ1n) is 4.22. The van der Waals surface area contributed by atoms with Crippen LogP contribution < -0.4 is 0 Å². The first-order valence-corrected chi connectivity index (χ1v) is 5.35. The van der Waals surface area contributed by atoms with Crippen LogP contribution in [0.25, 0.3) is 0 Å². The molecule has 0 aromatic heterocycles. The van der Waals surface area contributed by atoms with E-state index in [0.717, 1.165) is 6.07 Å². The van der Waals surface area contributed by atoms with Crippen molar-refractivity contribution in [2.24, 2.45) is 0 Å². The molecule has 0 unspecified atom stereocenters. The summed E-state index contributed by atoms with van der Waals surface area (Å²) in [6.07, 6.45) is -2.78. The predicted molar refractivity (Wildman–Crippen MR) is 55.6 cm³/mol. The maximum atomic E-state index is 12.4. The maximum absolute atomic E-state index is 12.4. The topological polar surface area (TPSA) is 37.3 Å². The molecule has 0 saturated carbocycles. The number of carbonyl (C=O) groups is 1. The van der Waals surface area contributed by atoms with Gasteiger partial charge in [-0.05, 0) is 6.07 Å². The Kier molecular flexibility index (Phi) is 4.20. The highest BCUT2D eigenvalue weighted by molar-refractivity contribution is 9.09. The quantitative estimate of drug-likeness (QED) is 0.860. The minimum absolute atomic E-state index is 0.0440. The number of para-hydroxylation sites is 1. The Hall–Kier alpha value is -0.970. The molecule has 0 atom stereocenters. The third-order valence-corrected chi connectivity index (χ3v) is 2.55. The van der Waals surface area contributed by atoms with Crippen molar-refractivity contribution in [2.45, 2.75) is 12.8 Å². The van der Waals surface area contributed by atoms with E-state index in [9.17, 15) is 18.7 Å². The van der Waals surface area contributed by atoms with Crippen LogP contribution in [0.1, 0.15) is 17.6 Å². The maximum Gasteiger partial charge on any atom is 0.267 e. The third-order valence-electron chi connectivity index (χ3n) is 1.92. The number of aromatic hydroxyl groups is 1. The molecule has 0 fully saturated rings. The van der Waals surface area contributed by atoms with Gasteiger partial charge in [0.15, 0.2) is 0 Å². The van der Waals surface area contributed by atoms with Gasteiger partial charge in [0.2, 0.25) is 0 Å². The van der Waals surface area contributed by atoms with Gasteiger partial charge in [-0.1, -0.05) is 28.1 Å². The van der Waals surface area contributed by atoms with Crippen molar-refractivity contribution in [3.8, 4) is 5.75 Å². The lowest BCUT2D eigenvalue weighted by atomic mass is 10.0. The van der Waals surface area contributed by atoms with Gasteiger partial charge >= 0.3 is 0 Å². The fraction of sp³-hybridized carbons (Fsp3) is 0.300. The van der Waals surface area contributed by atoms with E-state index in [1.807, 2.05) is 0 Å². The molecule has 0 spiro atoms. The van der Waals surface area contributed by atoms with Gasteiger partial charge < -0.3 is 5.11 Å². The van der Waals surface area contributed by atoms with Crippen molar-refractivity contribution in [1.82, 2.24) is 0 Å². The molecule has 0 aliphatic rings. The molecule has 5 heteroatoms. The Morgan fingerprint density at radius 3 is 2.67 bits per heavy atom. The lowest BCUT2D eigenvalue weighted by Gasteiger charge is -2.07. The lowest BCUT2D eigenvalue weighted by Crippen LogP contribution is -2.04. The third kappa shape index (κ3) is 2.99. The van der Waals surface area contributed by atoms with Crippen LogP contribution in [0.15, 0.2) is 18.2 Å². The molecule has 0 aliphatic heterocycles. The molecule has 0 heterocycles. The van der Waals surface area contributed by atoms with E-state index in [2.05, 4.69) is 15.9 Å². The SMILES string of the molecule is O=C(CBr)Cc1cccc(C(F)F)c1O. The molecule has 1 aromatic carbocycles. The normalized spacial score (nSPS) is 10.7. The average molecular weight is 279 g/mol. The molecule has 1 aromatic rings. The molecule has 1 N–H and O–H groups in total. The number of hydrogen-bond acceptors (Lipinski definition) is 2. The molecule has 82 valence electrons. The summed E-state index contributed by atoms with van der Waals surface area (Å²) in [4.78, 5) is 11.1. The number of phenolic OH excluding ortho intramolecular Hbond substituents is 1. The van der Waals surface area contributed by atoms with Gasteiger partial charge in [0.1, 0.15) is 11.5 Å². The zero-order valence-corrected chi connectivity index (χ0v) is 9.30. The molecule has 0 amide bonds. The fourth-order valence-corrected chi connectivity index (χ4v) is 1.39. The number of rotatable bonds is 4. The second-order valence-electron chi connectivity index (χ2n) is 3.00. The minimum Gasteiger partial charge on any atom is -0.507 e. The number of benzene rings is 1. The monoisotopic (exact) mass is 278 g/mol. The van der Waals surface area contributed by atoms with Gasteiger partial charge in [-0.2, -0.15) is 0 Å². The van der Waals surface area contributed by atoms with Crippen molar-refractivity contribution >= 4 is 21.7 Å². The Labute approximate surface area is 94.0 Å². The van der Waals surface area contributed by atoms with Gasteiger partial charge in [-0.3, -0.25) is 4.79 Å². The summed E-state index contributed by atoms with van der Waals surface area (Å²) in [6.45, 7) is 0. The second kappa shape index (κ2) is 5.21. The van der Waals surface area contributed by atoms with E-state index >= 15 is 0 Å². The van der Waals surface area contributed by atoms with Crippen LogP contribution in [-0.2, 0) is 11.2 Å². The lowest BCUT2D eigenvalue weighted by molar-refractivity contribution is -0.115. The van der Waals surface area contributed by atoms with Crippen LogP contribution in [0.5, 0.6) is 5.75 Å². The molecule has 0 aliphatic carbocycles. The van der Waals surface area contributed by atoms with Crippen LogP contribution in [0.2, 0.25) is 0 Å². The fourth-order valence-electron chi connectivity index (χ4n) is 1.19. The summed E-state index contributed by atoms with van der Waals surface area (Å²) in [7, 11) is 0. The number of hydrogen-bond donors (Lipinski definition) is 1. The van der Waals surface area contributed by atoms with Crippen molar-refractivity contribution in [3.05, 3.63) is 29.3 Å². The van der Waals surface area contributed by atoms with Gasteiger partial charge in [-0.25, -0.2) is 8.78 Å². The molecule has 0 saturated heterocycles. The van der Waals surface area contributed by atoms with Crippen molar-refractivity contribution in [2.75, 3.05) is 5.33 Å². The smallest absolute Gasteiger partial charge is 0.267 e. The summed E-state index contributed by atoms with van der Waals surface area (Å²) in [5.74, 6) is -0.654. The number of Topliss-reactive ketones (excluding diaryl/α,β-unsaturated/α-hetero) is 1. The van der Waals surface area contributed by atoms with Gasteiger partial charge in [-0.15, -0.1) is 0 Å². The van der Waals surface area contributed by atoms with Crippen LogP contribution >= 0.6 is 15.9 Å². The number of phenols is 1. The highest BCUT2D eigenvalue weighted by atomic mass is 79.9. The summed E-state index contributed by atoms with van der Waals surface area (Å²) in [5.41, 5.74) is -0.202. The average Bonchev–Trinajstić information content (AvgIpc) is 2.20. The Morgan fingerprint density at radius 2 is 2.13 bits per heavy atom. The van der Waals surface area contributed by atoms with Crippen LogP contribution in [0.4, 0.5) is 8.78 Å². The summed E-state index contributed by atoms with van der Waals surface area (Å²) in [6, 6.07) is 4.00. The van der Waals surface area contributed by atoms with E-state index in [1.165, 1.54) is 12.1 Å². The van der Waals surface area contributed by atoms with E-state index in [0.29, 0.717) is 0 Å². The van der Waals surface area contributed by atoms with E-state index in [4.69, 9.17) is 0 Å². The predicted octanol–water partition coefficient (Wildman–Crippen LogP) is 2.84. The Bertz CT molecular complexity index is 366. The summed E-state index contributed by atoms with van der Waals surface area (Å²) in [5, 5.41) is 9.60. The van der Waals surface area contributed by atoms with Crippen LogP contribution in [0, 0.1) is 0 Å². The molecule has 1 rings (SSSR count). The van der Waals surface area contributed by atoms with Gasteiger partial charge in [0.05, 0.1) is 10.9 Å². The molecule has 0 bridgehead atoms. The highest BCUT2D eigenvalue weighted by Gasteiger charge is 2.16. The van der Waals surface area contributed by atoms with Crippen molar-refractivity contribution in [3.63, 3.8) is 0 Å². The van der Waals surface area contributed by atoms with E-state index in [-0.39, 0.29) is 23.1 Å². The van der Waals surface area contributed by atoms with Crippen LogP contribution in [-0.4, -0.2) is 16.2 Å². The number of ketones is 1. The summed E-state index contributed by atoms with van der Waals surface area (Å²) < 4.78 is 24.7. The largest absolute Gasteiger partial charge is 0.507 e. The van der Waals surface area contributed by atoms with Gasteiger partial charge in [0, 0.05) is 12.0 Å². The summed E-state index contributed by atoms with van der Waals surface area (Å²) >= 11 is 2.96.